The summed E-state index contributed by atoms with van der Waals surface area (Å²) in [5.41, 5.74) is 0.891. The Kier molecular flexibility index (Phi) is 7.10. The number of nitrogens with one attached hydrogen (secondary N) is 1. The van der Waals surface area contributed by atoms with Crippen molar-refractivity contribution in [2.45, 2.75) is 45.4 Å². The number of benzene rings is 1. The van der Waals surface area contributed by atoms with E-state index in [0.29, 0.717) is 12.4 Å². The van der Waals surface area contributed by atoms with Crippen LogP contribution in [0.4, 0.5) is 0 Å². The number of amides is 1. The van der Waals surface area contributed by atoms with Crippen molar-refractivity contribution in [3.8, 4) is 0 Å². The summed E-state index contributed by atoms with van der Waals surface area (Å²) in [4.78, 5) is 25.1. The average molecular weight is 397 g/mol. The van der Waals surface area contributed by atoms with Crippen molar-refractivity contribution in [3.63, 3.8) is 0 Å². The van der Waals surface area contributed by atoms with Crippen LogP contribution < -0.4 is 5.32 Å². The Hall–Kier alpha value is -3.49. The highest BCUT2D eigenvalue weighted by molar-refractivity contribution is 5.94. The minimum atomic E-state index is -0.880. The molecule has 0 fully saturated rings. The number of ether oxygens (including phenoxy) is 1. The van der Waals surface area contributed by atoms with Gasteiger partial charge in [-0.3, -0.25) is 4.79 Å². The van der Waals surface area contributed by atoms with Gasteiger partial charge in [0, 0.05) is 13.0 Å². The molecule has 0 aliphatic rings. The average Bonchev–Trinajstić information content (AvgIpc) is 3.42. The van der Waals surface area contributed by atoms with Crippen molar-refractivity contribution in [2.24, 2.45) is 0 Å². The van der Waals surface area contributed by atoms with E-state index in [1.54, 1.807) is 10.7 Å². The van der Waals surface area contributed by atoms with Gasteiger partial charge in [-0.1, -0.05) is 43.7 Å². The molecule has 0 spiro atoms. The first kappa shape index (κ1) is 20.2. The normalized spacial score (nSPS) is 11.8. The van der Waals surface area contributed by atoms with Gasteiger partial charge >= 0.3 is 5.97 Å². The molecule has 2 aromatic heterocycles. The van der Waals surface area contributed by atoms with Crippen LogP contribution in [0.15, 0.2) is 53.1 Å². The van der Waals surface area contributed by atoms with Crippen LogP contribution in [0.2, 0.25) is 0 Å². The number of esters is 1. The largest absolute Gasteiger partial charge is 0.459 e. The molecule has 1 N–H and O–H groups in total. The van der Waals surface area contributed by atoms with E-state index in [1.165, 1.54) is 12.3 Å². The van der Waals surface area contributed by atoms with Crippen molar-refractivity contribution in [2.75, 3.05) is 0 Å². The highest BCUT2D eigenvalue weighted by Crippen LogP contribution is 2.08. The summed E-state index contributed by atoms with van der Waals surface area (Å²) in [6, 6.07) is 11.6. The van der Waals surface area contributed by atoms with Crippen LogP contribution in [0.5, 0.6) is 0 Å². The van der Waals surface area contributed by atoms with E-state index in [1.807, 2.05) is 30.3 Å². The molecule has 9 heteroatoms. The van der Waals surface area contributed by atoms with Crippen molar-refractivity contribution in [3.05, 3.63) is 65.9 Å². The predicted octanol–water partition coefficient (Wildman–Crippen LogP) is 2.15. The fourth-order valence-corrected chi connectivity index (χ4v) is 2.72. The molecule has 1 amide bonds. The minimum absolute atomic E-state index is 0.0720. The van der Waals surface area contributed by atoms with Gasteiger partial charge in [0.1, 0.15) is 6.04 Å². The molecule has 3 rings (SSSR count). The lowest BCUT2D eigenvalue weighted by atomic mass is 10.1. The number of rotatable bonds is 10. The van der Waals surface area contributed by atoms with Gasteiger partial charge in [-0.05, 0) is 34.5 Å². The number of hydrogen-bond donors (Lipinski definition) is 1. The number of hydrogen-bond acceptors (Lipinski definition) is 7. The quantitative estimate of drug-likeness (QED) is 0.522. The Morgan fingerprint density at radius 1 is 1.21 bits per heavy atom. The van der Waals surface area contributed by atoms with Crippen LogP contribution >= 0.6 is 0 Å². The third kappa shape index (κ3) is 5.74. The van der Waals surface area contributed by atoms with Crippen LogP contribution in [0.25, 0.3) is 0 Å². The molecular weight excluding hydrogens is 374 g/mol. The van der Waals surface area contributed by atoms with E-state index in [-0.39, 0.29) is 18.8 Å². The third-order valence-electron chi connectivity index (χ3n) is 4.29. The zero-order valence-corrected chi connectivity index (χ0v) is 16.2. The molecule has 9 nitrogen and oxygen atoms in total. The summed E-state index contributed by atoms with van der Waals surface area (Å²) in [5, 5.41) is 14.1. The molecule has 152 valence electrons. The van der Waals surface area contributed by atoms with E-state index in [4.69, 9.17) is 9.15 Å². The number of nitrogens with zero attached hydrogens (tertiary/aromatic N) is 4. The second kappa shape index (κ2) is 10.2. The highest BCUT2D eigenvalue weighted by atomic mass is 16.5. The van der Waals surface area contributed by atoms with E-state index >= 15 is 0 Å². The molecule has 3 aromatic rings. The van der Waals surface area contributed by atoms with E-state index in [9.17, 15) is 9.59 Å². The predicted molar refractivity (Wildman–Crippen MR) is 103 cm³/mol. The maximum Gasteiger partial charge on any atom is 0.329 e. The lowest BCUT2D eigenvalue weighted by molar-refractivity contribution is -0.147. The first-order chi connectivity index (χ1) is 14.2. The molecule has 1 unspecified atom stereocenters. The van der Waals surface area contributed by atoms with Gasteiger partial charge in [-0.15, -0.1) is 5.10 Å². The first-order valence-corrected chi connectivity index (χ1v) is 9.47. The van der Waals surface area contributed by atoms with Gasteiger partial charge in [-0.25, -0.2) is 9.48 Å². The van der Waals surface area contributed by atoms with E-state index in [0.717, 1.165) is 18.4 Å². The number of aryl methyl sites for hydroxylation is 1. The number of carbonyl (C=O) groups is 2. The summed E-state index contributed by atoms with van der Waals surface area (Å²) in [6.07, 6.45) is 3.60. The molecule has 1 aromatic carbocycles. The van der Waals surface area contributed by atoms with Gasteiger partial charge in [0.25, 0.3) is 5.91 Å². The maximum absolute atomic E-state index is 12.7. The van der Waals surface area contributed by atoms with Crippen molar-refractivity contribution < 1.29 is 18.7 Å². The third-order valence-corrected chi connectivity index (χ3v) is 4.29. The van der Waals surface area contributed by atoms with Crippen molar-refractivity contribution in [1.29, 1.82) is 0 Å². The van der Waals surface area contributed by atoms with Crippen molar-refractivity contribution in [1.82, 2.24) is 25.5 Å². The number of carbonyl (C=O) groups excluding carboxylic acids is 2. The molecule has 2 heterocycles. The summed E-state index contributed by atoms with van der Waals surface area (Å²) >= 11 is 0. The smallest absolute Gasteiger partial charge is 0.329 e. The van der Waals surface area contributed by atoms with E-state index in [2.05, 4.69) is 27.8 Å². The molecule has 0 saturated heterocycles. The first-order valence-electron chi connectivity index (χ1n) is 9.47. The SMILES string of the molecule is CCCCn1nnnc1COC(=O)C(Cc1ccccc1)NC(=O)c1ccco1. The summed E-state index contributed by atoms with van der Waals surface area (Å²) in [5.74, 6) is -0.471. The van der Waals surface area contributed by atoms with Crippen LogP contribution in [0, 0.1) is 0 Å². The summed E-state index contributed by atoms with van der Waals surface area (Å²) < 4.78 is 12.1. The van der Waals surface area contributed by atoms with Crippen LogP contribution in [0.3, 0.4) is 0 Å². The van der Waals surface area contributed by atoms with Crippen LogP contribution in [-0.2, 0) is 29.1 Å². The topological polar surface area (TPSA) is 112 Å². The molecule has 0 radical (unpaired) electrons. The Balaban J connectivity index is 1.66. The second-order valence-electron chi connectivity index (χ2n) is 6.47. The lowest BCUT2D eigenvalue weighted by Crippen LogP contribution is -2.43. The minimum Gasteiger partial charge on any atom is -0.459 e. The molecule has 0 saturated carbocycles. The number of furan rings is 1. The fraction of sp³-hybridized carbons (Fsp3) is 0.350. The van der Waals surface area contributed by atoms with Gasteiger partial charge < -0.3 is 14.5 Å². The highest BCUT2D eigenvalue weighted by Gasteiger charge is 2.25. The van der Waals surface area contributed by atoms with Gasteiger partial charge in [0.05, 0.1) is 6.26 Å². The summed E-state index contributed by atoms with van der Waals surface area (Å²) in [7, 11) is 0. The number of tetrazole rings is 1. The zero-order valence-electron chi connectivity index (χ0n) is 16.2. The number of aromatic nitrogens is 4. The van der Waals surface area contributed by atoms with Crippen LogP contribution in [0.1, 0.15) is 41.7 Å². The molecule has 0 bridgehead atoms. The second-order valence-corrected chi connectivity index (χ2v) is 6.47. The Morgan fingerprint density at radius 3 is 2.76 bits per heavy atom. The molecule has 0 aliphatic heterocycles. The number of unbranched alkanes of at least 4 members (excludes halogenated alkanes) is 1. The Morgan fingerprint density at radius 2 is 2.03 bits per heavy atom. The van der Waals surface area contributed by atoms with Gasteiger partial charge in [0.2, 0.25) is 0 Å². The monoisotopic (exact) mass is 397 g/mol. The maximum atomic E-state index is 12.7. The lowest BCUT2D eigenvalue weighted by Gasteiger charge is -2.17. The standard InChI is InChI=1S/C20H23N5O4/c1-2-3-11-25-18(22-23-24-25)14-29-20(27)16(13-15-8-5-4-6-9-15)21-19(26)17-10-7-12-28-17/h4-10,12,16H,2-3,11,13-14H2,1H3,(H,21,26). The fourth-order valence-electron chi connectivity index (χ4n) is 2.72. The summed E-state index contributed by atoms with van der Waals surface area (Å²) in [6.45, 7) is 2.65. The molecule has 29 heavy (non-hydrogen) atoms. The molecule has 0 aliphatic carbocycles. The van der Waals surface area contributed by atoms with Crippen molar-refractivity contribution >= 4 is 11.9 Å². The molecular formula is C20H23N5O4. The molecule has 1 atom stereocenters. The van der Waals surface area contributed by atoms with E-state index < -0.39 is 17.9 Å². The Labute approximate surface area is 168 Å². The zero-order chi connectivity index (χ0) is 20.5. The van der Waals surface area contributed by atoms with Gasteiger partial charge in [0.15, 0.2) is 18.2 Å². The Bertz CT molecular complexity index is 908. The van der Waals surface area contributed by atoms with Gasteiger partial charge in [-0.2, -0.15) is 0 Å². The van der Waals surface area contributed by atoms with Crippen LogP contribution in [-0.4, -0.2) is 38.1 Å².